The van der Waals surface area contributed by atoms with Crippen LogP contribution in [0.1, 0.15) is 17.0 Å². The number of hydrogen-bond acceptors (Lipinski definition) is 2. The van der Waals surface area contributed by atoms with E-state index < -0.39 is 5.92 Å². The van der Waals surface area contributed by atoms with Crippen molar-refractivity contribution in [1.82, 2.24) is 0 Å². The summed E-state index contributed by atoms with van der Waals surface area (Å²) in [6.07, 6.45) is 0.818. The molecule has 0 bridgehead atoms. The molecule has 3 heteroatoms. The minimum atomic E-state index is -0.464. The van der Waals surface area contributed by atoms with E-state index in [-0.39, 0.29) is 5.75 Å². The van der Waals surface area contributed by atoms with Gasteiger partial charge >= 0.3 is 0 Å². The highest BCUT2D eigenvalue weighted by atomic mass is 35.5. The Morgan fingerprint density at radius 3 is 2.29 bits per heavy atom. The zero-order valence-corrected chi connectivity index (χ0v) is 9.76. The Bertz CT molecular complexity index is 520. The number of phenols is 1. The van der Waals surface area contributed by atoms with Crippen molar-refractivity contribution < 1.29 is 9.90 Å². The molecule has 2 aromatic carbocycles. The van der Waals surface area contributed by atoms with Crippen LogP contribution in [-0.4, -0.2) is 11.4 Å². The van der Waals surface area contributed by atoms with Crippen LogP contribution < -0.4 is 0 Å². The molecule has 86 valence electrons. The SMILES string of the molecule is O=CC(c1ccc(Cl)cc1)c1ccccc1O. The number of phenolic OH excluding ortho intramolecular Hbond substituents is 1. The molecular formula is C14H11ClO2. The third kappa shape index (κ3) is 2.48. The van der Waals surface area contributed by atoms with Gasteiger partial charge in [0.15, 0.2) is 0 Å². The third-order valence-electron chi connectivity index (χ3n) is 2.64. The first-order valence-electron chi connectivity index (χ1n) is 5.21. The number of benzene rings is 2. The molecule has 0 spiro atoms. The summed E-state index contributed by atoms with van der Waals surface area (Å²) in [5, 5.41) is 10.4. The number of carbonyl (C=O) groups is 1. The average molecular weight is 247 g/mol. The maximum atomic E-state index is 11.2. The minimum Gasteiger partial charge on any atom is -0.508 e. The summed E-state index contributed by atoms with van der Waals surface area (Å²) in [4.78, 5) is 11.2. The lowest BCUT2D eigenvalue weighted by Crippen LogP contribution is -2.02. The van der Waals surface area contributed by atoms with Gasteiger partial charge in [-0.25, -0.2) is 0 Å². The van der Waals surface area contributed by atoms with Crippen LogP contribution in [0.3, 0.4) is 0 Å². The molecule has 17 heavy (non-hydrogen) atoms. The van der Waals surface area contributed by atoms with E-state index in [2.05, 4.69) is 0 Å². The first kappa shape index (κ1) is 11.7. The van der Waals surface area contributed by atoms with Crippen molar-refractivity contribution in [3.63, 3.8) is 0 Å². The maximum absolute atomic E-state index is 11.2. The summed E-state index contributed by atoms with van der Waals surface area (Å²) in [6, 6.07) is 13.9. The van der Waals surface area contributed by atoms with Crippen molar-refractivity contribution in [2.24, 2.45) is 0 Å². The van der Waals surface area contributed by atoms with Gasteiger partial charge in [-0.15, -0.1) is 0 Å². The lowest BCUT2D eigenvalue weighted by atomic mass is 9.92. The van der Waals surface area contributed by atoms with Crippen LogP contribution in [-0.2, 0) is 4.79 Å². The average Bonchev–Trinajstić information content (AvgIpc) is 2.35. The highest BCUT2D eigenvalue weighted by Gasteiger charge is 2.16. The van der Waals surface area contributed by atoms with Crippen molar-refractivity contribution in [1.29, 1.82) is 0 Å². The molecule has 0 aliphatic heterocycles. The van der Waals surface area contributed by atoms with Gasteiger partial charge in [0.25, 0.3) is 0 Å². The fourth-order valence-corrected chi connectivity index (χ4v) is 1.88. The molecule has 0 saturated carbocycles. The second-order valence-electron chi connectivity index (χ2n) is 3.72. The van der Waals surface area contributed by atoms with E-state index in [1.807, 2.05) is 0 Å². The van der Waals surface area contributed by atoms with Crippen molar-refractivity contribution >= 4 is 17.9 Å². The fourth-order valence-electron chi connectivity index (χ4n) is 1.75. The highest BCUT2D eigenvalue weighted by molar-refractivity contribution is 6.30. The Kier molecular flexibility index (Phi) is 3.45. The summed E-state index contributed by atoms with van der Waals surface area (Å²) in [6.45, 7) is 0. The van der Waals surface area contributed by atoms with Crippen LogP contribution >= 0.6 is 11.6 Å². The Hall–Kier alpha value is -1.80. The Balaban J connectivity index is 2.44. The molecule has 0 aliphatic carbocycles. The van der Waals surface area contributed by atoms with Crippen molar-refractivity contribution in [2.75, 3.05) is 0 Å². The van der Waals surface area contributed by atoms with Gasteiger partial charge in [0.2, 0.25) is 0 Å². The molecule has 0 aromatic heterocycles. The number of aldehydes is 1. The van der Waals surface area contributed by atoms with Crippen LogP contribution in [0.25, 0.3) is 0 Å². The molecule has 0 radical (unpaired) electrons. The molecule has 1 atom stereocenters. The van der Waals surface area contributed by atoms with Gasteiger partial charge in [-0.1, -0.05) is 41.9 Å². The highest BCUT2D eigenvalue weighted by Crippen LogP contribution is 2.29. The molecule has 1 N–H and O–H groups in total. The Labute approximate surface area is 104 Å². The lowest BCUT2D eigenvalue weighted by Gasteiger charge is -2.12. The molecule has 1 unspecified atom stereocenters. The van der Waals surface area contributed by atoms with Gasteiger partial charge in [0, 0.05) is 10.6 Å². The summed E-state index contributed by atoms with van der Waals surface area (Å²) in [7, 11) is 0. The largest absolute Gasteiger partial charge is 0.508 e. The van der Waals surface area contributed by atoms with Crippen LogP contribution in [0.4, 0.5) is 0 Å². The predicted octanol–water partition coefficient (Wildman–Crippen LogP) is 3.38. The smallest absolute Gasteiger partial charge is 0.131 e. The van der Waals surface area contributed by atoms with Crippen LogP contribution in [0.15, 0.2) is 48.5 Å². The molecule has 0 heterocycles. The van der Waals surface area contributed by atoms with Gasteiger partial charge in [-0.2, -0.15) is 0 Å². The number of halogens is 1. The summed E-state index contributed by atoms with van der Waals surface area (Å²) in [5.74, 6) is -0.340. The first-order chi connectivity index (χ1) is 8.22. The van der Waals surface area contributed by atoms with Crippen LogP contribution in [0.2, 0.25) is 5.02 Å². The zero-order valence-electron chi connectivity index (χ0n) is 9.01. The quantitative estimate of drug-likeness (QED) is 0.843. The maximum Gasteiger partial charge on any atom is 0.131 e. The third-order valence-corrected chi connectivity index (χ3v) is 2.89. The van der Waals surface area contributed by atoms with Crippen molar-refractivity contribution in [3.05, 3.63) is 64.7 Å². The number of aromatic hydroxyl groups is 1. The van der Waals surface area contributed by atoms with E-state index in [4.69, 9.17) is 11.6 Å². The number of carbonyl (C=O) groups excluding carboxylic acids is 1. The monoisotopic (exact) mass is 246 g/mol. The van der Waals surface area contributed by atoms with Gasteiger partial charge in [0.05, 0.1) is 5.92 Å². The van der Waals surface area contributed by atoms with E-state index >= 15 is 0 Å². The van der Waals surface area contributed by atoms with E-state index in [0.29, 0.717) is 10.6 Å². The van der Waals surface area contributed by atoms with E-state index in [1.165, 1.54) is 0 Å². The normalized spacial score (nSPS) is 12.1. The Morgan fingerprint density at radius 2 is 1.71 bits per heavy atom. The minimum absolute atomic E-state index is 0.125. The van der Waals surface area contributed by atoms with Gasteiger partial charge < -0.3 is 9.90 Å². The van der Waals surface area contributed by atoms with Gasteiger partial charge in [-0.05, 0) is 23.8 Å². The van der Waals surface area contributed by atoms with E-state index in [9.17, 15) is 9.90 Å². The summed E-state index contributed by atoms with van der Waals surface area (Å²) < 4.78 is 0. The zero-order chi connectivity index (χ0) is 12.3. The second kappa shape index (κ2) is 5.02. The van der Waals surface area contributed by atoms with Gasteiger partial charge in [0.1, 0.15) is 12.0 Å². The van der Waals surface area contributed by atoms with Crippen molar-refractivity contribution in [2.45, 2.75) is 5.92 Å². The fraction of sp³-hybridized carbons (Fsp3) is 0.0714. The molecule has 2 aromatic rings. The topological polar surface area (TPSA) is 37.3 Å². The molecular weight excluding hydrogens is 236 g/mol. The lowest BCUT2D eigenvalue weighted by molar-refractivity contribution is -0.108. The standard InChI is InChI=1S/C14H11ClO2/c15-11-7-5-10(6-8-11)13(9-16)12-3-1-2-4-14(12)17/h1-9,13,17H. The van der Waals surface area contributed by atoms with Crippen LogP contribution in [0, 0.1) is 0 Å². The van der Waals surface area contributed by atoms with Crippen molar-refractivity contribution in [3.8, 4) is 5.75 Å². The van der Waals surface area contributed by atoms with Gasteiger partial charge in [-0.3, -0.25) is 0 Å². The summed E-state index contributed by atoms with van der Waals surface area (Å²) >= 11 is 5.80. The first-order valence-corrected chi connectivity index (χ1v) is 5.59. The number of para-hydroxylation sites is 1. The number of rotatable bonds is 3. The molecule has 2 rings (SSSR count). The van der Waals surface area contributed by atoms with E-state index in [0.717, 1.165) is 11.8 Å². The molecule has 2 nitrogen and oxygen atoms in total. The summed E-state index contributed by atoms with van der Waals surface area (Å²) in [5.41, 5.74) is 1.41. The molecule has 0 aliphatic rings. The Morgan fingerprint density at radius 1 is 1.06 bits per heavy atom. The molecule has 0 saturated heterocycles. The van der Waals surface area contributed by atoms with Crippen LogP contribution in [0.5, 0.6) is 5.75 Å². The molecule has 0 fully saturated rings. The van der Waals surface area contributed by atoms with E-state index in [1.54, 1.807) is 48.5 Å². The predicted molar refractivity (Wildman–Crippen MR) is 67.5 cm³/mol. The molecule has 0 amide bonds. The second-order valence-corrected chi connectivity index (χ2v) is 4.16. The number of hydrogen-bond donors (Lipinski definition) is 1.